The molecule has 0 aliphatic carbocycles. The summed E-state index contributed by atoms with van der Waals surface area (Å²) in [5.41, 5.74) is 0. The van der Waals surface area contributed by atoms with Crippen LogP contribution in [0, 0.1) is 0 Å². The average molecular weight is 214 g/mol. The van der Waals surface area contributed by atoms with Crippen molar-refractivity contribution in [2.75, 3.05) is 53.5 Å². The van der Waals surface area contributed by atoms with Gasteiger partial charge in [-0.05, 0) is 14.1 Å². The molecule has 0 N–H and O–H groups in total. The van der Waals surface area contributed by atoms with Gasteiger partial charge in [-0.25, -0.2) is 0 Å². The summed E-state index contributed by atoms with van der Waals surface area (Å²) in [6, 6.07) is 0. The van der Waals surface area contributed by atoms with E-state index in [0.717, 1.165) is 0 Å². The standard InChI is InChI=1S/C10H18N2O3/c1-11-5-9(13)6-12(2)8-10(7-11)14-3-4-15-10/h3-8H2,1-2H3. The lowest BCUT2D eigenvalue weighted by atomic mass is 10.2. The van der Waals surface area contributed by atoms with Gasteiger partial charge < -0.3 is 9.47 Å². The highest BCUT2D eigenvalue weighted by molar-refractivity contribution is 5.82. The highest BCUT2D eigenvalue weighted by Crippen LogP contribution is 2.22. The summed E-state index contributed by atoms with van der Waals surface area (Å²) in [6.45, 7) is 3.55. The predicted molar refractivity (Wildman–Crippen MR) is 54.6 cm³/mol. The first-order valence-corrected chi connectivity index (χ1v) is 5.26. The third-order valence-electron chi connectivity index (χ3n) is 2.73. The predicted octanol–water partition coefficient (Wildman–Crippen LogP) is -0.824. The second-order valence-corrected chi connectivity index (χ2v) is 4.49. The number of rotatable bonds is 0. The maximum absolute atomic E-state index is 11.5. The lowest BCUT2D eigenvalue weighted by Gasteiger charge is -2.37. The van der Waals surface area contributed by atoms with E-state index in [0.29, 0.717) is 39.4 Å². The maximum Gasteiger partial charge on any atom is 0.194 e. The van der Waals surface area contributed by atoms with Gasteiger partial charge in [0.25, 0.3) is 0 Å². The van der Waals surface area contributed by atoms with E-state index in [1.165, 1.54) is 0 Å². The van der Waals surface area contributed by atoms with E-state index in [1.807, 2.05) is 23.9 Å². The molecule has 2 saturated heterocycles. The van der Waals surface area contributed by atoms with E-state index in [2.05, 4.69) is 0 Å². The minimum absolute atomic E-state index is 0.243. The molecule has 0 saturated carbocycles. The molecule has 0 bridgehead atoms. The Hall–Kier alpha value is -0.490. The third-order valence-corrected chi connectivity index (χ3v) is 2.73. The van der Waals surface area contributed by atoms with Crippen molar-refractivity contribution < 1.29 is 14.3 Å². The van der Waals surface area contributed by atoms with Crippen molar-refractivity contribution in [3.8, 4) is 0 Å². The average Bonchev–Trinajstić information content (AvgIpc) is 2.49. The summed E-state index contributed by atoms with van der Waals surface area (Å²) in [5, 5.41) is 0. The number of hydrogen-bond donors (Lipinski definition) is 0. The Labute approximate surface area is 89.9 Å². The molecule has 5 heteroatoms. The first kappa shape index (κ1) is 11.0. The van der Waals surface area contributed by atoms with Crippen molar-refractivity contribution in [3.05, 3.63) is 0 Å². The van der Waals surface area contributed by atoms with Crippen molar-refractivity contribution in [3.63, 3.8) is 0 Å². The van der Waals surface area contributed by atoms with Gasteiger partial charge in [-0.2, -0.15) is 0 Å². The quantitative estimate of drug-likeness (QED) is 0.527. The number of carbonyl (C=O) groups is 1. The number of ether oxygens (including phenoxy) is 2. The van der Waals surface area contributed by atoms with E-state index < -0.39 is 5.79 Å². The highest BCUT2D eigenvalue weighted by Gasteiger charge is 2.40. The van der Waals surface area contributed by atoms with Crippen LogP contribution in [0.1, 0.15) is 0 Å². The number of ketones is 1. The van der Waals surface area contributed by atoms with E-state index in [-0.39, 0.29) is 5.78 Å². The molecule has 2 heterocycles. The van der Waals surface area contributed by atoms with Gasteiger partial charge >= 0.3 is 0 Å². The Bertz CT molecular complexity index is 233. The van der Waals surface area contributed by atoms with Crippen LogP contribution in [0.3, 0.4) is 0 Å². The minimum Gasteiger partial charge on any atom is -0.345 e. The fraction of sp³-hybridized carbons (Fsp3) is 0.900. The third kappa shape index (κ3) is 2.55. The van der Waals surface area contributed by atoms with Crippen LogP contribution >= 0.6 is 0 Å². The number of hydrogen-bond acceptors (Lipinski definition) is 5. The summed E-state index contributed by atoms with van der Waals surface area (Å²) < 4.78 is 11.4. The number of Topliss-reactive ketones (excluding diaryl/α,β-unsaturated/α-hetero) is 1. The Kier molecular flexibility index (Phi) is 3.06. The van der Waals surface area contributed by atoms with Crippen LogP contribution in [0.4, 0.5) is 0 Å². The molecule has 0 aromatic heterocycles. The molecular weight excluding hydrogens is 196 g/mol. The zero-order valence-electron chi connectivity index (χ0n) is 9.36. The molecule has 5 nitrogen and oxygen atoms in total. The summed E-state index contributed by atoms with van der Waals surface area (Å²) in [5.74, 6) is -0.280. The zero-order valence-corrected chi connectivity index (χ0v) is 9.36. The van der Waals surface area contributed by atoms with E-state index in [4.69, 9.17) is 9.47 Å². The fourth-order valence-corrected chi connectivity index (χ4v) is 2.32. The molecule has 0 unspecified atom stereocenters. The number of likely N-dealkylation sites (N-methyl/N-ethyl adjacent to an activating group) is 2. The second kappa shape index (κ2) is 4.17. The van der Waals surface area contributed by atoms with Crippen LogP contribution in [0.2, 0.25) is 0 Å². The molecule has 2 aliphatic heterocycles. The van der Waals surface area contributed by atoms with Crippen LogP contribution in [0.5, 0.6) is 0 Å². The molecule has 0 amide bonds. The summed E-state index contributed by atoms with van der Waals surface area (Å²) in [4.78, 5) is 15.4. The summed E-state index contributed by atoms with van der Waals surface area (Å²) >= 11 is 0. The van der Waals surface area contributed by atoms with Gasteiger partial charge in [0, 0.05) is 0 Å². The van der Waals surface area contributed by atoms with Gasteiger partial charge in [0.15, 0.2) is 11.6 Å². The van der Waals surface area contributed by atoms with Gasteiger partial charge in [0.1, 0.15) is 0 Å². The van der Waals surface area contributed by atoms with Crippen molar-refractivity contribution in [2.45, 2.75) is 5.79 Å². The lowest BCUT2D eigenvalue weighted by Crippen LogP contribution is -2.54. The van der Waals surface area contributed by atoms with Crippen LogP contribution in [-0.4, -0.2) is 74.9 Å². The van der Waals surface area contributed by atoms with Crippen LogP contribution < -0.4 is 0 Å². The SMILES string of the molecule is CN1CC(=O)CN(C)CC2(C1)OCCO2. The molecular formula is C10H18N2O3. The van der Waals surface area contributed by atoms with Gasteiger partial charge in [-0.15, -0.1) is 0 Å². The van der Waals surface area contributed by atoms with Crippen LogP contribution in [0.15, 0.2) is 0 Å². The van der Waals surface area contributed by atoms with E-state index in [1.54, 1.807) is 0 Å². The fourth-order valence-electron chi connectivity index (χ4n) is 2.32. The lowest BCUT2D eigenvalue weighted by molar-refractivity contribution is -0.183. The zero-order chi connectivity index (χ0) is 10.9. The van der Waals surface area contributed by atoms with Gasteiger partial charge in [0.2, 0.25) is 0 Å². The topological polar surface area (TPSA) is 42.0 Å². The maximum atomic E-state index is 11.5. The molecule has 0 aromatic rings. The molecule has 2 fully saturated rings. The highest BCUT2D eigenvalue weighted by atomic mass is 16.7. The normalized spacial score (nSPS) is 29.3. The molecule has 0 aromatic carbocycles. The van der Waals surface area contributed by atoms with Crippen LogP contribution in [-0.2, 0) is 14.3 Å². The number of nitrogens with zero attached hydrogens (tertiary/aromatic N) is 2. The van der Waals surface area contributed by atoms with Crippen molar-refractivity contribution in [2.24, 2.45) is 0 Å². The summed E-state index contributed by atoms with van der Waals surface area (Å²) in [7, 11) is 3.85. The van der Waals surface area contributed by atoms with E-state index >= 15 is 0 Å². The van der Waals surface area contributed by atoms with Gasteiger partial charge in [-0.1, -0.05) is 0 Å². The van der Waals surface area contributed by atoms with Gasteiger partial charge in [0.05, 0.1) is 39.4 Å². The smallest absolute Gasteiger partial charge is 0.194 e. The number of carbonyl (C=O) groups excluding carboxylic acids is 1. The Morgan fingerprint density at radius 3 is 2.00 bits per heavy atom. The Morgan fingerprint density at radius 2 is 1.53 bits per heavy atom. The molecule has 86 valence electrons. The molecule has 15 heavy (non-hydrogen) atoms. The first-order chi connectivity index (χ1) is 7.10. The van der Waals surface area contributed by atoms with Crippen molar-refractivity contribution in [1.29, 1.82) is 0 Å². The molecule has 1 spiro atoms. The second-order valence-electron chi connectivity index (χ2n) is 4.49. The molecule has 0 atom stereocenters. The molecule has 2 aliphatic rings. The van der Waals surface area contributed by atoms with Crippen molar-refractivity contribution in [1.82, 2.24) is 9.80 Å². The molecule has 2 rings (SSSR count). The van der Waals surface area contributed by atoms with E-state index in [9.17, 15) is 4.79 Å². The molecule has 0 radical (unpaired) electrons. The van der Waals surface area contributed by atoms with Gasteiger partial charge in [-0.3, -0.25) is 14.6 Å². The van der Waals surface area contributed by atoms with Crippen LogP contribution in [0.25, 0.3) is 0 Å². The monoisotopic (exact) mass is 214 g/mol. The summed E-state index contributed by atoms with van der Waals surface area (Å²) in [6.07, 6.45) is 0. The Balaban J connectivity index is 2.08. The largest absolute Gasteiger partial charge is 0.345 e. The van der Waals surface area contributed by atoms with Crippen molar-refractivity contribution >= 4 is 5.78 Å². The first-order valence-electron chi connectivity index (χ1n) is 5.26. The Morgan fingerprint density at radius 1 is 1.07 bits per heavy atom. The minimum atomic E-state index is -0.524.